The average Bonchev–Trinajstić information content (AvgIpc) is 3.08. The topological polar surface area (TPSA) is 48.8 Å². The SMILES string of the molecule is OC(COc1cccc(Br)c1)CN1CCN(c2nccs2)CC1. The first-order chi connectivity index (χ1) is 11.2. The normalized spacial score (nSPS) is 17.2. The lowest BCUT2D eigenvalue weighted by atomic mass is 10.2. The Kier molecular flexibility index (Phi) is 5.88. The van der Waals surface area contributed by atoms with Gasteiger partial charge in [-0.1, -0.05) is 22.0 Å². The molecule has 3 rings (SSSR count). The number of aliphatic hydroxyl groups is 1. The van der Waals surface area contributed by atoms with Crippen molar-refractivity contribution in [1.29, 1.82) is 0 Å². The summed E-state index contributed by atoms with van der Waals surface area (Å²) in [5.41, 5.74) is 0. The summed E-state index contributed by atoms with van der Waals surface area (Å²) in [5.74, 6) is 0.770. The van der Waals surface area contributed by atoms with Crippen molar-refractivity contribution in [3.63, 3.8) is 0 Å². The second kappa shape index (κ2) is 8.10. The molecular weight excluding hydrogens is 378 g/mol. The van der Waals surface area contributed by atoms with Crippen LogP contribution in [0.25, 0.3) is 0 Å². The van der Waals surface area contributed by atoms with Gasteiger partial charge in [0.2, 0.25) is 0 Å². The fourth-order valence-corrected chi connectivity index (χ4v) is 3.67. The standard InChI is InChI=1S/C16H20BrN3O2S/c17-13-2-1-3-15(10-13)22-12-14(21)11-19-5-7-20(8-6-19)16-18-4-9-23-16/h1-4,9-10,14,21H,5-8,11-12H2. The zero-order chi connectivity index (χ0) is 16.1. The molecule has 2 heterocycles. The summed E-state index contributed by atoms with van der Waals surface area (Å²) in [5, 5.41) is 13.3. The molecule has 1 aromatic carbocycles. The fraction of sp³-hybridized carbons (Fsp3) is 0.438. The van der Waals surface area contributed by atoms with E-state index in [-0.39, 0.29) is 0 Å². The molecule has 1 N–H and O–H groups in total. The van der Waals surface area contributed by atoms with Crippen molar-refractivity contribution in [3.8, 4) is 5.75 Å². The highest BCUT2D eigenvalue weighted by Crippen LogP contribution is 2.19. The largest absolute Gasteiger partial charge is 0.491 e. The Balaban J connectivity index is 1.40. The average molecular weight is 398 g/mol. The molecule has 0 radical (unpaired) electrons. The minimum Gasteiger partial charge on any atom is -0.491 e. The summed E-state index contributed by atoms with van der Waals surface area (Å²) in [7, 11) is 0. The van der Waals surface area contributed by atoms with Crippen LogP contribution in [0.4, 0.5) is 5.13 Å². The predicted octanol–water partition coefficient (Wildman–Crippen LogP) is 2.47. The lowest BCUT2D eigenvalue weighted by Gasteiger charge is -2.35. The van der Waals surface area contributed by atoms with Gasteiger partial charge in [0.1, 0.15) is 18.5 Å². The molecule has 2 aromatic rings. The summed E-state index contributed by atoms with van der Waals surface area (Å²) >= 11 is 5.09. The van der Waals surface area contributed by atoms with Crippen LogP contribution in [0.5, 0.6) is 5.75 Å². The first kappa shape index (κ1) is 16.7. The molecule has 1 atom stereocenters. The van der Waals surface area contributed by atoms with E-state index in [9.17, 15) is 5.11 Å². The number of hydrogen-bond acceptors (Lipinski definition) is 6. The van der Waals surface area contributed by atoms with E-state index in [2.05, 4.69) is 30.7 Å². The maximum atomic E-state index is 10.2. The molecule has 5 nitrogen and oxygen atoms in total. The molecule has 1 aromatic heterocycles. The quantitative estimate of drug-likeness (QED) is 0.810. The number of halogens is 1. The van der Waals surface area contributed by atoms with Crippen molar-refractivity contribution in [1.82, 2.24) is 9.88 Å². The Morgan fingerprint density at radius 2 is 2.13 bits per heavy atom. The van der Waals surface area contributed by atoms with Gasteiger partial charge >= 0.3 is 0 Å². The summed E-state index contributed by atoms with van der Waals surface area (Å²) in [6, 6.07) is 7.67. The third kappa shape index (κ3) is 4.91. The van der Waals surface area contributed by atoms with Gasteiger partial charge in [0.15, 0.2) is 5.13 Å². The van der Waals surface area contributed by atoms with Gasteiger partial charge in [0.25, 0.3) is 0 Å². The van der Waals surface area contributed by atoms with E-state index >= 15 is 0 Å². The zero-order valence-electron chi connectivity index (χ0n) is 12.8. The van der Waals surface area contributed by atoms with Crippen LogP contribution in [0.3, 0.4) is 0 Å². The van der Waals surface area contributed by atoms with Gasteiger partial charge in [0, 0.05) is 48.8 Å². The van der Waals surface area contributed by atoms with Crippen LogP contribution in [0, 0.1) is 0 Å². The van der Waals surface area contributed by atoms with Gasteiger partial charge in [-0.15, -0.1) is 11.3 Å². The third-order valence-electron chi connectivity index (χ3n) is 3.77. The molecule has 0 spiro atoms. The van der Waals surface area contributed by atoms with E-state index in [1.807, 2.05) is 35.8 Å². The Hall–Kier alpha value is -1.15. The van der Waals surface area contributed by atoms with Gasteiger partial charge in [-0.25, -0.2) is 4.98 Å². The minimum absolute atomic E-state index is 0.309. The number of anilines is 1. The van der Waals surface area contributed by atoms with Gasteiger partial charge in [-0.2, -0.15) is 0 Å². The van der Waals surface area contributed by atoms with E-state index in [1.165, 1.54) is 0 Å². The number of hydrogen-bond donors (Lipinski definition) is 1. The Morgan fingerprint density at radius 1 is 1.30 bits per heavy atom. The fourth-order valence-electron chi connectivity index (χ4n) is 2.59. The first-order valence-corrected chi connectivity index (χ1v) is 9.31. The molecule has 1 saturated heterocycles. The second-order valence-electron chi connectivity index (χ2n) is 5.52. The third-order valence-corrected chi connectivity index (χ3v) is 5.09. The van der Waals surface area contributed by atoms with Crippen molar-refractivity contribution in [2.75, 3.05) is 44.2 Å². The van der Waals surface area contributed by atoms with E-state index in [1.54, 1.807) is 11.3 Å². The Bertz CT molecular complexity index is 603. The van der Waals surface area contributed by atoms with Gasteiger partial charge in [0.05, 0.1) is 0 Å². The van der Waals surface area contributed by atoms with Crippen LogP contribution < -0.4 is 9.64 Å². The number of rotatable bonds is 6. The second-order valence-corrected chi connectivity index (χ2v) is 7.31. The molecule has 1 unspecified atom stereocenters. The first-order valence-electron chi connectivity index (χ1n) is 7.64. The molecule has 0 aliphatic carbocycles. The van der Waals surface area contributed by atoms with Crippen LogP contribution in [-0.4, -0.2) is 60.4 Å². The number of aromatic nitrogens is 1. The molecule has 1 aliphatic rings. The highest BCUT2D eigenvalue weighted by atomic mass is 79.9. The lowest BCUT2D eigenvalue weighted by Crippen LogP contribution is -2.49. The number of thiazole rings is 1. The predicted molar refractivity (Wildman–Crippen MR) is 96.4 cm³/mol. The van der Waals surface area contributed by atoms with Gasteiger partial charge in [-0.3, -0.25) is 4.90 Å². The summed E-state index contributed by atoms with van der Waals surface area (Å²) in [6.45, 7) is 4.73. The van der Waals surface area contributed by atoms with Crippen LogP contribution in [0.15, 0.2) is 40.3 Å². The molecule has 1 aliphatic heterocycles. The number of piperazine rings is 1. The van der Waals surface area contributed by atoms with E-state index in [0.29, 0.717) is 13.2 Å². The van der Waals surface area contributed by atoms with E-state index < -0.39 is 6.10 Å². The summed E-state index contributed by atoms with van der Waals surface area (Å²) in [4.78, 5) is 8.92. The van der Waals surface area contributed by atoms with E-state index in [0.717, 1.165) is 41.5 Å². The molecule has 23 heavy (non-hydrogen) atoms. The van der Waals surface area contributed by atoms with Crippen LogP contribution in [-0.2, 0) is 0 Å². The van der Waals surface area contributed by atoms with Crippen molar-refractivity contribution in [2.24, 2.45) is 0 Å². The molecular formula is C16H20BrN3O2S. The lowest BCUT2D eigenvalue weighted by molar-refractivity contribution is 0.0663. The molecule has 0 amide bonds. The van der Waals surface area contributed by atoms with Crippen molar-refractivity contribution < 1.29 is 9.84 Å². The maximum absolute atomic E-state index is 10.2. The Morgan fingerprint density at radius 3 is 2.83 bits per heavy atom. The summed E-state index contributed by atoms with van der Waals surface area (Å²) < 4.78 is 6.62. The highest BCUT2D eigenvalue weighted by Gasteiger charge is 2.20. The van der Waals surface area contributed by atoms with E-state index in [4.69, 9.17) is 4.74 Å². The van der Waals surface area contributed by atoms with Crippen LogP contribution in [0.1, 0.15) is 0 Å². The smallest absolute Gasteiger partial charge is 0.185 e. The molecule has 0 bridgehead atoms. The zero-order valence-corrected chi connectivity index (χ0v) is 15.2. The van der Waals surface area contributed by atoms with Crippen LogP contribution in [0.2, 0.25) is 0 Å². The number of benzene rings is 1. The monoisotopic (exact) mass is 397 g/mol. The number of β-amino-alcohol motifs (C(OH)–C–C–N with tert-alkyl or cyclic N) is 1. The summed E-state index contributed by atoms with van der Waals surface area (Å²) in [6.07, 6.45) is 1.36. The maximum Gasteiger partial charge on any atom is 0.185 e. The van der Waals surface area contributed by atoms with Crippen molar-refractivity contribution >= 4 is 32.4 Å². The molecule has 1 fully saturated rings. The Labute approximate surface area is 148 Å². The molecule has 7 heteroatoms. The van der Waals surface area contributed by atoms with Crippen LogP contribution >= 0.6 is 27.3 Å². The number of ether oxygens (including phenoxy) is 1. The molecule has 0 saturated carbocycles. The number of nitrogens with zero attached hydrogens (tertiary/aromatic N) is 3. The number of aliphatic hydroxyl groups excluding tert-OH is 1. The minimum atomic E-state index is -0.486. The molecule has 124 valence electrons. The van der Waals surface area contributed by atoms with Gasteiger partial charge < -0.3 is 14.7 Å². The highest BCUT2D eigenvalue weighted by molar-refractivity contribution is 9.10. The van der Waals surface area contributed by atoms with Gasteiger partial charge in [-0.05, 0) is 18.2 Å². The van der Waals surface area contributed by atoms with Crippen molar-refractivity contribution in [3.05, 3.63) is 40.3 Å². The van der Waals surface area contributed by atoms with Crippen molar-refractivity contribution in [2.45, 2.75) is 6.10 Å².